The average molecular weight is 197 g/mol. The van der Waals surface area contributed by atoms with Crippen LogP contribution in [-0.2, 0) is 0 Å². The van der Waals surface area contributed by atoms with Gasteiger partial charge in [0.05, 0.1) is 38.3 Å². The SMILES string of the molecule is OCC[P+](CO)(CCO)CCO. The largest absolute Gasteiger partial charge is 0.393 e. The molecule has 0 saturated carbocycles. The van der Waals surface area contributed by atoms with Crippen LogP contribution in [0.4, 0.5) is 0 Å². The van der Waals surface area contributed by atoms with Crippen LogP contribution in [0.5, 0.6) is 0 Å². The standard InChI is InChI=1S/C7H18O4P/c8-1-4-12(7-11,5-2-9)6-3-10/h8-11H,1-7H2/q+1. The third-order valence-corrected chi connectivity index (χ3v) is 6.07. The first kappa shape index (κ1) is 12.3. The molecular formula is C7H18O4P+. The molecule has 0 rings (SSSR count). The van der Waals surface area contributed by atoms with Crippen molar-refractivity contribution in [3.8, 4) is 0 Å². The lowest BCUT2D eigenvalue weighted by Gasteiger charge is -2.22. The monoisotopic (exact) mass is 197 g/mol. The van der Waals surface area contributed by atoms with Crippen LogP contribution in [0.1, 0.15) is 0 Å². The van der Waals surface area contributed by atoms with E-state index < -0.39 is 7.26 Å². The summed E-state index contributed by atoms with van der Waals surface area (Å²) >= 11 is 0. The maximum atomic E-state index is 9.09. The Morgan fingerprint density at radius 3 is 1.17 bits per heavy atom. The summed E-state index contributed by atoms with van der Waals surface area (Å²) in [5.74, 6) is 0. The molecule has 0 aliphatic rings. The van der Waals surface area contributed by atoms with Gasteiger partial charge in [-0.15, -0.1) is 0 Å². The van der Waals surface area contributed by atoms with E-state index >= 15 is 0 Å². The Bertz CT molecular complexity index is 92.6. The van der Waals surface area contributed by atoms with Gasteiger partial charge in [-0.25, -0.2) is 0 Å². The van der Waals surface area contributed by atoms with Crippen molar-refractivity contribution < 1.29 is 20.4 Å². The number of hydrogen-bond acceptors (Lipinski definition) is 4. The molecule has 4 nitrogen and oxygen atoms in total. The highest BCUT2D eigenvalue weighted by Crippen LogP contribution is 2.56. The van der Waals surface area contributed by atoms with Crippen molar-refractivity contribution in [3.63, 3.8) is 0 Å². The lowest BCUT2D eigenvalue weighted by atomic mass is 10.8. The van der Waals surface area contributed by atoms with Gasteiger partial charge in [0, 0.05) is 7.26 Å². The molecule has 0 saturated heterocycles. The molecule has 0 aliphatic carbocycles. The molecule has 12 heavy (non-hydrogen) atoms. The van der Waals surface area contributed by atoms with E-state index in [0.29, 0.717) is 18.5 Å². The molecule has 0 aromatic heterocycles. The second-order valence-electron chi connectivity index (χ2n) is 2.82. The molecule has 0 radical (unpaired) electrons. The molecule has 0 amide bonds. The van der Waals surface area contributed by atoms with Crippen LogP contribution in [0.15, 0.2) is 0 Å². The summed E-state index contributed by atoms with van der Waals surface area (Å²) in [4.78, 5) is 0. The molecule has 4 N–H and O–H groups in total. The fourth-order valence-corrected chi connectivity index (χ4v) is 3.55. The minimum absolute atomic E-state index is 0.00861. The van der Waals surface area contributed by atoms with E-state index in [0.717, 1.165) is 0 Å². The molecule has 0 fully saturated rings. The van der Waals surface area contributed by atoms with Crippen LogP contribution in [0.2, 0.25) is 0 Å². The smallest absolute Gasteiger partial charge is 0.154 e. The van der Waals surface area contributed by atoms with E-state index in [9.17, 15) is 0 Å². The number of rotatable bonds is 7. The van der Waals surface area contributed by atoms with Crippen molar-refractivity contribution in [1.29, 1.82) is 0 Å². The highest BCUT2D eigenvalue weighted by Gasteiger charge is 2.34. The van der Waals surface area contributed by atoms with E-state index in [1.165, 1.54) is 0 Å². The third-order valence-electron chi connectivity index (χ3n) is 2.02. The third kappa shape index (κ3) is 3.78. The molecule has 0 aromatic carbocycles. The number of aliphatic hydroxyl groups excluding tert-OH is 4. The summed E-state index contributed by atoms with van der Waals surface area (Å²) in [5.41, 5.74) is 0. The van der Waals surface area contributed by atoms with Gasteiger partial charge in [0.1, 0.15) is 0 Å². The van der Waals surface area contributed by atoms with E-state index in [-0.39, 0.29) is 26.2 Å². The molecule has 0 unspecified atom stereocenters. The van der Waals surface area contributed by atoms with Gasteiger partial charge in [-0.3, -0.25) is 0 Å². The molecule has 5 heteroatoms. The molecule has 0 heterocycles. The Kier molecular flexibility index (Phi) is 6.90. The van der Waals surface area contributed by atoms with Gasteiger partial charge in [0.2, 0.25) is 0 Å². The first-order chi connectivity index (χ1) is 5.74. The van der Waals surface area contributed by atoms with Crippen LogP contribution in [0.25, 0.3) is 0 Å². The fourth-order valence-electron chi connectivity index (χ4n) is 1.18. The van der Waals surface area contributed by atoms with Crippen LogP contribution in [0, 0.1) is 0 Å². The summed E-state index contributed by atoms with van der Waals surface area (Å²) in [7, 11) is -1.67. The fraction of sp³-hybridized carbons (Fsp3) is 1.00. The zero-order valence-electron chi connectivity index (χ0n) is 7.19. The molecule has 0 spiro atoms. The van der Waals surface area contributed by atoms with Crippen LogP contribution in [0.3, 0.4) is 0 Å². The summed E-state index contributed by atoms with van der Waals surface area (Å²) in [6.07, 6.45) is 1.61. The highest BCUT2D eigenvalue weighted by atomic mass is 31.2. The second kappa shape index (κ2) is 6.75. The minimum atomic E-state index is -1.67. The minimum Gasteiger partial charge on any atom is -0.393 e. The van der Waals surface area contributed by atoms with Gasteiger partial charge in [0.15, 0.2) is 6.35 Å². The van der Waals surface area contributed by atoms with Gasteiger partial charge in [0.25, 0.3) is 0 Å². The molecule has 0 aliphatic heterocycles. The lowest BCUT2D eigenvalue weighted by molar-refractivity contribution is 0.300. The van der Waals surface area contributed by atoms with E-state index in [1.54, 1.807) is 0 Å². The molecule has 74 valence electrons. The molecule has 0 bridgehead atoms. The topological polar surface area (TPSA) is 80.9 Å². The predicted octanol–water partition coefficient (Wildman–Crippen LogP) is -1.07. The molecule has 0 atom stereocenters. The lowest BCUT2D eigenvalue weighted by Crippen LogP contribution is -2.17. The molecule has 0 aromatic rings. The van der Waals surface area contributed by atoms with E-state index in [1.807, 2.05) is 0 Å². The zero-order valence-corrected chi connectivity index (χ0v) is 8.08. The van der Waals surface area contributed by atoms with Crippen molar-refractivity contribution in [2.75, 3.05) is 44.7 Å². The summed E-state index contributed by atoms with van der Waals surface area (Å²) in [6.45, 7) is 0.0665. The number of hydrogen-bond donors (Lipinski definition) is 4. The van der Waals surface area contributed by atoms with Crippen LogP contribution in [-0.4, -0.2) is 65.1 Å². The zero-order chi connectivity index (χ0) is 9.45. The molecular weight excluding hydrogens is 179 g/mol. The quantitative estimate of drug-likeness (QED) is 0.392. The Labute approximate surface area is 73.2 Å². The Hall–Kier alpha value is 0.270. The summed E-state index contributed by atoms with van der Waals surface area (Å²) in [5, 5.41) is 35.3. The van der Waals surface area contributed by atoms with Crippen LogP contribution >= 0.6 is 7.26 Å². The normalized spacial score (nSPS) is 12.0. The summed E-state index contributed by atoms with van der Waals surface area (Å²) in [6, 6.07) is 0. The van der Waals surface area contributed by atoms with Crippen molar-refractivity contribution in [2.24, 2.45) is 0 Å². The van der Waals surface area contributed by atoms with Crippen LogP contribution < -0.4 is 0 Å². The first-order valence-electron chi connectivity index (χ1n) is 4.03. The highest BCUT2D eigenvalue weighted by molar-refractivity contribution is 7.75. The maximum Gasteiger partial charge on any atom is 0.154 e. The Balaban J connectivity index is 4.06. The maximum absolute atomic E-state index is 9.09. The van der Waals surface area contributed by atoms with Crippen molar-refractivity contribution in [1.82, 2.24) is 0 Å². The van der Waals surface area contributed by atoms with Gasteiger partial charge in [-0.2, -0.15) is 0 Å². The summed E-state index contributed by atoms with van der Waals surface area (Å²) < 4.78 is 0. The predicted molar refractivity (Wildman–Crippen MR) is 49.9 cm³/mol. The number of aliphatic hydroxyl groups is 4. The van der Waals surface area contributed by atoms with Gasteiger partial charge < -0.3 is 20.4 Å². The average Bonchev–Trinajstić information content (AvgIpc) is 2.06. The van der Waals surface area contributed by atoms with Gasteiger partial charge in [-0.05, 0) is 0 Å². The van der Waals surface area contributed by atoms with Crippen molar-refractivity contribution >= 4 is 7.26 Å². The second-order valence-corrected chi connectivity index (χ2v) is 7.13. The Morgan fingerprint density at radius 1 is 0.667 bits per heavy atom. The van der Waals surface area contributed by atoms with E-state index in [2.05, 4.69) is 0 Å². The first-order valence-corrected chi connectivity index (χ1v) is 6.56. The van der Waals surface area contributed by atoms with Crippen molar-refractivity contribution in [2.45, 2.75) is 0 Å². The van der Waals surface area contributed by atoms with Gasteiger partial charge in [-0.1, -0.05) is 0 Å². The Morgan fingerprint density at radius 2 is 1.00 bits per heavy atom. The van der Waals surface area contributed by atoms with Crippen molar-refractivity contribution in [3.05, 3.63) is 0 Å². The van der Waals surface area contributed by atoms with E-state index in [4.69, 9.17) is 20.4 Å². The van der Waals surface area contributed by atoms with Gasteiger partial charge >= 0.3 is 0 Å².